The molecule has 10 heteroatoms. The van der Waals surface area contributed by atoms with Crippen LogP contribution in [0.25, 0.3) is 0 Å². The Morgan fingerprint density at radius 1 is 0.917 bits per heavy atom. The van der Waals surface area contributed by atoms with Crippen LogP contribution in [0.4, 0.5) is 0 Å². The number of likely N-dealkylation sites (N-methyl/N-ethyl adjacent to an activating group) is 1. The number of fused-ring (bicyclic) bond motifs is 1. The molecule has 9 nitrogen and oxygen atoms in total. The number of rotatable bonds is 9. The quantitative estimate of drug-likeness (QED) is 0.404. The minimum atomic E-state index is -3.79. The van der Waals surface area contributed by atoms with E-state index in [0.29, 0.717) is 22.8 Å². The monoisotopic (exact) mass is 510 g/mol. The van der Waals surface area contributed by atoms with Crippen LogP contribution < -0.4 is 14.2 Å². The highest BCUT2D eigenvalue weighted by Gasteiger charge is 2.32. The minimum Gasteiger partial charge on any atom is -0.497 e. The predicted octanol–water partition coefficient (Wildman–Crippen LogP) is 3.39. The summed E-state index contributed by atoms with van der Waals surface area (Å²) in [6, 6.07) is 20.3. The van der Waals surface area contributed by atoms with Gasteiger partial charge in [-0.1, -0.05) is 24.3 Å². The van der Waals surface area contributed by atoms with Crippen LogP contribution in [-0.4, -0.2) is 65.6 Å². The molecule has 3 aromatic rings. The summed E-state index contributed by atoms with van der Waals surface area (Å²) in [6.07, 6.45) is -0.771. The molecule has 1 aliphatic rings. The maximum absolute atomic E-state index is 13.0. The molecule has 0 unspecified atom stereocenters. The molecule has 4 rings (SSSR count). The summed E-state index contributed by atoms with van der Waals surface area (Å²) in [5, 5.41) is 0. The van der Waals surface area contributed by atoms with Gasteiger partial charge in [-0.2, -0.15) is 8.42 Å². The lowest BCUT2D eigenvalue weighted by Gasteiger charge is -2.26. The van der Waals surface area contributed by atoms with Gasteiger partial charge < -0.3 is 23.8 Å². The fraction of sp³-hybridized carbons (Fsp3) is 0.231. The van der Waals surface area contributed by atoms with E-state index in [2.05, 4.69) is 4.40 Å². The highest BCUT2D eigenvalue weighted by Crippen LogP contribution is 2.27. The van der Waals surface area contributed by atoms with Crippen molar-refractivity contribution < 1.29 is 32.2 Å². The second-order valence-corrected chi connectivity index (χ2v) is 9.55. The van der Waals surface area contributed by atoms with Crippen LogP contribution in [0.1, 0.15) is 15.9 Å². The number of sulfonamides is 1. The van der Waals surface area contributed by atoms with Gasteiger partial charge in [-0.05, 0) is 48.5 Å². The Balaban J connectivity index is 1.55. The Morgan fingerprint density at radius 3 is 2.31 bits per heavy atom. The lowest BCUT2D eigenvalue weighted by atomic mass is 10.2. The number of hydrogen-bond donors (Lipinski definition) is 0. The summed E-state index contributed by atoms with van der Waals surface area (Å²) in [6.45, 7) is 0.138. The first-order valence-electron chi connectivity index (χ1n) is 11.1. The van der Waals surface area contributed by atoms with Crippen LogP contribution in [0.2, 0.25) is 0 Å². The summed E-state index contributed by atoms with van der Waals surface area (Å²) in [7, 11) is 0.940. The maximum Gasteiger partial charge on any atom is 0.342 e. The number of carbonyl (C=O) groups excluding carboxylic acids is 1. The summed E-state index contributed by atoms with van der Waals surface area (Å²) in [5.41, 5.74) is 0.758. The molecule has 1 heterocycles. The van der Waals surface area contributed by atoms with Crippen molar-refractivity contribution in [2.75, 3.05) is 34.4 Å². The van der Waals surface area contributed by atoms with Crippen molar-refractivity contribution in [3.63, 3.8) is 0 Å². The van der Waals surface area contributed by atoms with Crippen molar-refractivity contribution >= 4 is 21.8 Å². The van der Waals surface area contributed by atoms with E-state index in [9.17, 15) is 13.2 Å². The molecule has 1 atom stereocenters. The molecular formula is C26H26N2O7S. The lowest BCUT2D eigenvalue weighted by molar-refractivity contribution is 0.0127. The van der Waals surface area contributed by atoms with Gasteiger partial charge in [-0.15, -0.1) is 4.40 Å². The molecule has 0 radical (unpaired) electrons. The van der Waals surface area contributed by atoms with E-state index in [4.69, 9.17) is 18.9 Å². The van der Waals surface area contributed by atoms with E-state index in [-0.39, 0.29) is 29.4 Å². The standard InChI is InChI=1S/C26H26N2O7S/c1-28(25-22-9-5-7-11-24(22)36(30,31)27-25)16-20(17-34-19-14-12-18(32-2)13-15-19)35-26(29)21-8-4-6-10-23(21)33-3/h4-15,20H,16-17H2,1-3H3/t20-/m0/s1. The molecule has 3 aromatic carbocycles. The van der Waals surface area contributed by atoms with Crippen LogP contribution in [0.5, 0.6) is 17.2 Å². The molecular weight excluding hydrogens is 484 g/mol. The molecule has 188 valence electrons. The number of benzene rings is 3. The molecule has 0 N–H and O–H groups in total. The zero-order valence-electron chi connectivity index (χ0n) is 20.1. The smallest absolute Gasteiger partial charge is 0.342 e. The average molecular weight is 511 g/mol. The maximum atomic E-state index is 13.0. The topological polar surface area (TPSA) is 104 Å². The van der Waals surface area contributed by atoms with E-state index >= 15 is 0 Å². The molecule has 36 heavy (non-hydrogen) atoms. The Morgan fingerprint density at radius 2 is 1.58 bits per heavy atom. The number of esters is 1. The van der Waals surface area contributed by atoms with Gasteiger partial charge in [0, 0.05) is 12.6 Å². The number of methoxy groups -OCH3 is 2. The van der Waals surface area contributed by atoms with E-state index in [1.54, 1.807) is 85.8 Å². The molecule has 1 aliphatic heterocycles. The Bertz CT molecular complexity index is 1370. The van der Waals surface area contributed by atoms with Crippen molar-refractivity contribution in [1.29, 1.82) is 0 Å². The third-order valence-electron chi connectivity index (χ3n) is 5.55. The van der Waals surface area contributed by atoms with Gasteiger partial charge in [0.15, 0.2) is 11.9 Å². The van der Waals surface area contributed by atoms with Crippen molar-refractivity contribution in [3.8, 4) is 17.2 Å². The SMILES string of the molecule is COc1ccc(OC[C@H](CN(C)C2=NS(=O)(=O)c3ccccc32)OC(=O)c2ccccc2OC)cc1. The Hall–Kier alpha value is -4.05. The zero-order chi connectivity index (χ0) is 25.7. The third kappa shape index (κ3) is 5.44. The molecule has 0 saturated heterocycles. The third-order valence-corrected chi connectivity index (χ3v) is 6.87. The van der Waals surface area contributed by atoms with E-state index in [0.717, 1.165) is 0 Å². The highest BCUT2D eigenvalue weighted by atomic mass is 32.2. The second-order valence-electron chi connectivity index (χ2n) is 7.98. The summed E-state index contributed by atoms with van der Waals surface area (Å²) >= 11 is 0. The molecule has 0 spiro atoms. The molecule has 0 fully saturated rings. The van der Waals surface area contributed by atoms with Crippen molar-refractivity contribution in [2.45, 2.75) is 11.0 Å². The van der Waals surface area contributed by atoms with E-state index < -0.39 is 22.1 Å². The first-order chi connectivity index (χ1) is 17.3. The Kier molecular flexibility index (Phi) is 7.44. The van der Waals surface area contributed by atoms with Crippen LogP contribution in [-0.2, 0) is 14.8 Å². The van der Waals surface area contributed by atoms with Gasteiger partial charge in [0.05, 0.1) is 20.8 Å². The van der Waals surface area contributed by atoms with Crippen molar-refractivity contribution in [2.24, 2.45) is 4.40 Å². The number of hydrogen-bond acceptors (Lipinski definition) is 8. The Labute approximate surface area is 209 Å². The number of nitrogens with zero attached hydrogens (tertiary/aromatic N) is 2. The van der Waals surface area contributed by atoms with Crippen LogP contribution in [0.15, 0.2) is 82.1 Å². The first-order valence-corrected chi connectivity index (χ1v) is 12.5. The van der Waals surface area contributed by atoms with Gasteiger partial charge in [-0.3, -0.25) is 0 Å². The average Bonchev–Trinajstić information content (AvgIpc) is 3.18. The fourth-order valence-corrected chi connectivity index (χ4v) is 5.02. The van der Waals surface area contributed by atoms with Gasteiger partial charge in [-0.25, -0.2) is 4.79 Å². The summed E-state index contributed by atoms with van der Waals surface area (Å²) in [4.78, 5) is 14.8. The number of amidine groups is 1. The first kappa shape index (κ1) is 25.1. The van der Waals surface area contributed by atoms with E-state index in [1.807, 2.05) is 0 Å². The lowest BCUT2D eigenvalue weighted by Crippen LogP contribution is -2.39. The second kappa shape index (κ2) is 10.7. The van der Waals surface area contributed by atoms with Gasteiger partial charge >= 0.3 is 5.97 Å². The van der Waals surface area contributed by atoms with Crippen molar-refractivity contribution in [3.05, 3.63) is 83.9 Å². The van der Waals surface area contributed by atoms with Crippen LogP contribution >= 0.6 is 0 Å². The number of carbonyl (C=O) groups is 1. The molecule has 0 aromatic heterocycles. The van der Waals surface area contributed by atoms with E-state index in [1.165, 1.54) is 13.2 Å². The van der Waals surface area contributed by atoms with Gasteiger partial charge in [0.1, 0.15) is 34.3 Å². The summed E-state index contributed by atoms with van der Waals surface area (Å²) in [5.74, 6) is 1.30. The molecule has 0 bridgehead atoms. The largest absolute Gasteiger partial charge is 0.497 e. The normalized spacial score (nSPS) is 14.2. The zero-order valence-corrected chi connectivity index (χ0v) is 20.9. The molecule has 0 amide bonds. The van der Waals surface area contributed by atoms with Gasteiger partial charge in [0.2, 0.25) is 0 Å². The summed E-state index contributed by atoms with van der Waals surface area (Å²) < 4.78 is 51.1. The number of ether oxygens (including phenoxy) is 4. The highest BCUT2D eigenvalue weighted by molar-refractivity contribution is 7.90. The molecule has 0 aliphatic carbocycles. The van der Waals surface area contributed by atoms with Crippen LogP contribution in [0, 0.1) is 0 Å². The molecule has 0 saturated carbocycles. The fourth-order valence-electron chi connectivity index (χ4n) is 3.77. The minimum absolute atomic E-state index is 0.0131. The van der Waals surface area contributed by atoms with Crippen molar-refractivity contribution in [1.82, 2.24) is 4.90 Å². The predicted molar refractivity (Wildman–Crippen MR) is 133 cm³/mol. The number of para-hydroxylation sites is 1. The van der Waals surface area contributed by atoms with Crippen LogP contribution in [0.3, 0.4) is 0 Å². The van der Waals surface area contributed by atoms with Gasteiger partial charge in [0.25, 0.3) is 10.0 Å².